The third kappa shape index (κ3) is 3.59. The molecular formula is C16H20N4O3S. The number of carbonyl (C=O) groups is 1. The molecular weight excluding hydrogens is 328 g/mol. The Morgan fingerprint density at radius 1 is 1.38 bits per heavy atom. The first kappa shape index (κ1) is 16.5. The minimum atomic E-state index is -3.26. The summed E-state index contributed by atoms with van der Waals surface area (Å²) in [5.41, 5.74) is 2.13. The van der Waals surface area contributed by atoms with E-state index in [0.29, 0.717) is 30.8 Å². The second-order valence-electron chi connectivity index (χ2n) is 5.81. The summed E-state index contributed by atoms with van der Waals surface area (Å²) in [7, 11) is -3.26. The lowest BCUT2D eigenvalue weighted by molar-refractivity contribution is 0.0952. The van der Waals surface area contributed by atoms with Gasteiger partial charge >= 0.3 is 0 Å². The Bertz CT molecular complexity index is 831. The summed E-state index contributed by atoms with van der Waals surface area (Å²) in [4.78, 5) is 12.2. The maximum absolute atomic E-state index is 12.2. The highest BCUT2D eigenvalue weighted by molar-refractivity contribution is 7.92. The number of sulfonamides is 1. The number of hydrogen-bond acceptors (Lipinski definition) is 4. The quantitative estimate of drug-likeness (QED) is 0.790. The van der Waals surface area contributed by atoms with Crippen LogP contribution in [0.5, 0.6) is 0 Å². The normalized spacial score (nSPS) is 13.8. The molecule has 24 heavy (non-hydrogen) atoms. The molecule has 0 unspecified atom stereocenters. The van der Waals surface area contributed by atoms with Crippen molar-refractivity contribution in [1.29, 1.82) is 0 Å². The van der Waals surface area contributed by atoms with Gasteiger partial charge in [-0.3, -0.25) is 13.8 Å². The molecule has 2 heterocycles. The van der Waals surface area contributed by atoms with E-state index in [1.165, 1.54) is 10.6 Å². The van der Waals surface area contributed by atoms with Crippen LogP contribution in [-0.4, -0.2) is 43.5 Å². The number of nitrogens with one attached hydrogen (secondary N) is 1. The van der Waals surface area contributed by atoms with Crippen molar-refractivity contribution in [2.45, 2.75) is 19.4 Å². The van der Waals surface area contributed by atoms with Gasteiger partial charge in [0.1, 0.15) is 0 Å². The molecule has 7 nitrogen and oxygen atoms in total. The van der Waals surface area contributed by atoms with E-state index in [2.05, 4.69) is 10.4 Å². The first-order valence-corrected chi connectivity index (χ1v) is 9.66. The van der Waals surface area contributed by atoms with Crippen LogP contribution in [0.4, 0.5) is 5.69 Å². The topological polar surface area (TPSA) is 84.3 Å². The fraction of sp³-hybridized carbons (Fsp3) is 0.375. The second-order valence-corrected chi connectivity index (χ2v) is 7.71. The molecule has 0 aliphatic carbocycles. The molecule has 1 aromatic carbocycles. The Hall–Kier alpha value is -2.35. The van der Waals surface area contributed by atoms with Crippen LogP contribution in [0.2, 0.25) is 0 Å². The van der Waals surface area contributed by atoms with Crippen LogP contribution in [0.1, 0.15) is 22.3 Å². The zero-order valence-corrected chi connectivity index (χ0v) is 14.3. The van der Waals surface area contributed by atoms with Gasteiger partial charge in [-0.15, -0.1) is 0 Å². The lowest BCUT2D eigenvalue weighted by Crippen LogP contribution is -2.27. The van der Waals surface area contributed by atoms with Gasteiger partial charge in [0.15, 0.2) is 0 Å². The molecule has 0 atom stereocenters. The molecule has 1 aromatic heterocycles. The number of hydrogen-bond donors (Lipinski definition) is 1. The van der Waals surface area contributed by atoms with Gasteiger partial charge in [-0.2, -0.15) is 5.10 Å². The summed E-state index contributed by atoms with van der Waals surface area (Å²) in [5.74, 6) is -0.143. The molecule has 0 spiro atoms. The molecule has 0 saturated heterocycles. The van der Waals surface area contributed by atoms with E-state index in [1.54, 1.807) is 24.4 Å². The van der Waals surface area contributed by atoms with Crippen LogP contribution in [-0.2, 0) is 23.0 Å². The van der Waals surface area contributed by atoms with E-state index in [4.69, 9.17) is 0 Å². The summed E-state index contributed by atoms with van der Waals surface area (Å²) in [6.07, 6.45) is 6.23. The standard InChI is InChI=1S/C16H20N4O3S/c1-24(22,23)20-11-6-13-12-14(4-5-15(13)20)16(21)17-7-2-9-19-10-3-8-18-19/h3-5,8,10,12H,2,6-7,9,11H2,1H3,(H,17,21). The van der Waals surface area contributed by atoms with Crippen molar-refractivity contribution in [2.75, 3.05) is 23.7 Å². The molecule has 1 N–H and O–H groups in total. The Morgan fingerprint density at radius 3 is 2.92 bits per heavy atom. The van der Waals surface area contributed by atoms with Crippen molar-refractivity contribution in [3.05, 3.63) is 47.8 Å². The number of nitrogens with zero attached hydrogens (tertiary/aromatic N) is 3. The van der Waals surface area contributed by atoms with E-state index in [0.717, 1.165) is 18.5 Å². The number of rotatable bonds is 6. The van der Waals surface area contributed by atoms with Crippen molar-refractivity contribution < 1.29 is 13.2 Å². The highest BCUT2D eigenvalue weighted by Gasteiger charge is 2.26. The average Bonchev–Trinajstić information content (AvgIpc) is 3.19. The van der Waals surface area contributed by atoms with Gasteiger partial charge in [-0.25, -0.2) is 8.42 Å². The lowest BCUT2D eigenvalue weighted by Gasteiger charge is -2.16. The van der Waals surface area contributed by atoms with Crippen LogP contribution in [0.25, 0.3) is 0 Å². The largest absolute Gasteiger partial charge is 0.352 e. The van der Waals surface area contributed by atoms with Crippen molar-refractivity contribution in [3.8, 4) is 0 Å². The Labute approximate surface area is 141 Å². The minimum absolute atomic E-state index is 0.143. The van der Waals surface area contributed by atoms with E-state index in [-0.39, 0.29) is 5.91 Å². The first-order chi connectivity index (χ1) is 11.4. The molecule has 1 amide bonds. The number of aromatic nitrogens is 2. The smallest absolute Gasteiger partial charge is 0.251 e. The van der Waals surface area contributed by atoms with E-state index < -0.39 is 10.0 Å². The van der Waals surface area contributed by atoms with Crippen LogP contribution >= 0.6 is 0 Å². The molecule has 128 valence electrons. The molecule has 1 aliphatic heterocycles. The Morgan fingerprint density at radius 2 is 2.21 bits per heavy atom. The molecule has 0 saturated carbocycles. The SMILES string of the molecule is CS(=O)(=O)N1CCc2cc(C(=O)NCCCn3cccn3)ccc21. The van der Waals surface area contributed by atoms with Crippen LogP contribution in [0, 0.1) is 0 Å². The van der Waals surface area contributed by atoms with E-state index in [9.17, 15) is 13.2 Å². The van der Waals surface area contributed by atoms with Gasteiger partial charge in [-0.05, 0) is 42.7 Å². The number of fused-ring (bicyclic) bond motifs is 1. The summed E-state index contributed by atoms with van der Waals surface area (Å²) >= 11 is 0. The summed E-state index contributed by atoms with van der Waals surface area (Å²) < 4.78 is 26.7. The predicted molar refractivity (Wildman–Crippen MR) is 91.5 cm³/mol. The first-order valence-electron chi connectivity index (χ1n) is 7.81. The third-order valence-corrected chi connectivity index (χ3v) is 5.18. The van der Waals surface area contributed by atoms with Crippen LogP contribution in [0.3, 0.4) is 0 Å². The van der Waals surface area contributed by atoms with Crippen molar-refractivity contribution in [3.63, 3.8) is 0 Å². The fourth-order valence-corrected chi connectivity index (χ4v) is 3.79. The van der Waals surface area contributed by atoms with Crippen LogP contribution in [0.15, 0.2) is 36.7 Å². The van der Waals surface area contributed by atoms with Gasteiger partial charge in [0.25, 0.3) is 5.91 Å². The lowest BCUT2D eigenvalue weighted by atomic mass is 10.1. The number of anilines is 1. The molecule has 0 bridgehead atoms. The van der Waals surface area contributed by atoms with Crippen molar-refractivity contribution in [1.82, 2.24) is 15.1 Å². The maximum Gasteiger partial charge on any atom is 0.251 e. The highest BCUT2D eigenvalue weighted by Crippen LogP contribution is 2.30. The molecule has 1 aliphatic rings. The van der Waals surface area contributed by atoms with Crippen molar-refractivity contribution >= 4 is 21.6 Å². The van der Waals surface area contributed by atoms with Gasteiger partial charge in [0.2, 0.25) is 10.0 Å². The predicted octanol–water partition coefficient (Wildman–Crippen LogP) is 1.03. The van der Waals surface area contributed by atoms with Crippen LogP contribution < -0.4 is 9.62 Å². The summed E-state index contributed by atoms with van der Waals surface area (Å²) in [6.45, 7) is 1.75. The van der Waals surface area contributed by atoms with Gasteiger partial charge in [0, 0.05) is 37.6 Å². The van der Waals surface area contributed by atoms with E-state index >= 15 is 0 Å². The average molecular weight is 348 g/mol. The number of benzene rings is 1. The van der Waals surface area contributed by atoms with E-state index in [1.807, 2.05) is 16.9 Å². The van der Waals surface area contributed by atoms with Crippen molar-refractivity contribution in [2.24, 2.45) is 0 Å². The zero-order chi connectivity index (χ0) is 17.2. The molecule has 3 rings (SSSR count). The number of aryl methyl sites for hydroxylation is 1. The summed E-state index contributed by atoms with van der Waals surface area (Å²) in [5, 5.41) is 6.99. The maximum atomic E-state index is 12.2. The minimum Gasteiger partial charge on any atom is -0.352 e. The molecule has 0 radical (unpaired) electrons. The van der Waals surface area contributed by atoms with Gasteiger partial charge < -0.3 is 5.32 Å². The Balaban J connectivity index is 1.58. The highest BCUT2D eigenvalue weighted by atomic mass is 32.2. The number of carbonyl (C=O) groups excluding carboxylic acids is 1. The molecule has 8 heteroatoms. The molecule has 2 aromatic rings. The monoisotopic (exact) mass is 348 g/mol. The Kier molecular flexibility index (Phi) is 4.57. The summed E-state index contributed by atoms with van der Waals surface area (Å²) in [6, 6.07) is 7.03. The second kappa shape index (κ2) is 6.64. The zero-order valence-electron chi connectivity index (χ0n) is 13.5. The van der Waals surface area contributed by atoms with Gasteiger partial charge in [0.05, 0.1) is 11.9 Å². The fourth-order valence-electron chi connectivity index (χ4n) is 2.83. The van der Waals surface area contributed by atoms with Gasteiger partial charge in [-0.1, -0.05) is 0 Å². The third-order valence-electron chi connectivity index (χ3n) is 4.00. The molecule has 0 fully saturated rings. The number of amides is 1.